The van der Waals surface area contributed by atoms with E-state index in [0.717, 1.165) is 11.5 Å². The van der Waals surface area contributed by atoms with Crippen molar-refractivity contribution in [3.8, 4) is 0 Å². The first-order chi connectivity index (χ1) is 12.3. The summed E-state index contributed by atoms with van der Waals surface area (Å²) in [5, 5.41) is 0. The second-order valence-corrected chi connectivity index (χ2v) is 8.62. The molecule has 8 nitrogen and oxygen atoms in total. The lowest BCUT2D eigenvalue weighted by molar-refractivity contribution is 0.597. The van der Waals surface area contributed by atoms with E-state index >= 15 is 0 Å². The highest BCUT2D eigenvalue weighted by molar-refractivity contribution is 7.90. The monoisotopic (exact) mass is 376 g/mol. The van der Waals surface area contributed by atoms with Gasteiger partial charge in [0.2, 0.25) is 5.95 Å². The molecule has 3 rings (SSSR count). The molecule has 0 spiro atoms. The van der Waals surface area contributed by atoms with Gasteiger partial charge in [-0.15, -0.1) is 0 Å². The van der Waals surface area contributed by atoms with Gasteiger partial charge in [-0.2, -0.15) is 4.98 Å². The van der Waals surface area contributed by atoms with Gasteiger partial charge in [0.25, 0.3) is 0 Å². The number of hydrogen-bond acceptors (Lipinski definition) is 8. The summed E-state index contributed by atoms with van der Waals surface area (Å²) in [6.07, 6.45) is 2.84. The van der Waals surface area contributed by atoms with E-state index in [1.807, 2.05) is 36.9 Å². The van der Waals surface area contributed by atoms with Crippen LogP contribution in [0.1, 0.15) is 5.69 Å². The van der Waals surface area contributed by atoms with Crippen molar-refractivity contribution in [1.82, 2.24) is 15.0 Å². The molecule has 0 bridgehead atoms. The van der Waals surface area contributed by atoms with Crippen molar-refractivity contribution in [2.24, 2.45) is 0 Å². The van der Waals surface area contributed by atoms with Crippen LogP contribution in [0.15, 0.2) is 29.3 Å². The van der Waals surface area contributed by atoms with Crippen molar-refractivity contribution in [3.05, 3.63) is 30.1 Å². The standard InChI is InChI=1S/C17H24N6O2S/c1-13-12-15(21(2)3)20-17(19-13)23-10-8-22(9-11-23)16-14(26(4,24)25)6-5-7-18-16/h5-7,12H,8-11H2,1-4H3. The largest absolute Gasteiger partial charge is 0.363 e. The van der Waals surface area contributed by atoms with Crippen molar-refractivity contribution < 1.29 is 8.42 Å². The van der Waals surface area contributed by atoms with E-state index in [0.29, 0.717) is 37.9 Å². The summed E-state index contributed by atoms with van der Waals surface area (Å²) < 4.78 is 24.0. The van der Waals surface area contributed by atoms with E-state index < -0.39 is 9.84 Å². The van der Waals surface area contributed by atoms with Gasteiger partial charge < -0.3 is 14.7 Å². The molecule has 0 amide bonds. The van der Waals surface area contributed by atoms with Crippen molar-refractivity contribution in [2.45, 2.75) is 11.8 Å². The average molecular weight is 376 g/mol. The molecule has 0 aliphatic carbocycles. The summed E-state index contributed by atoms with van der Waals surface area (Å²) >= 11 is 0. The Morgan fingerprint density at radius 2 is 1.73 bits per heavy atom. The van der Waals surface area contributed by atoms with Gasteiger partial charge >= 0.3 is 0 Å². The van der Waals surface area contributed by atoms with Gasteiger partial charge in [-0.25, -0.2) is 18.4 Å². The number of hydrogen-bond donors (Lipinski definition) is 0. The van der Waals surface area contributed by atoms with Gasteiger partial charge in [-0.3, -0.25) is 0 Å². The first-order valence-electron chi connectivity index (χ1n) is 8.43. The van der Waals surface area contributed by atoms with Crippen LogP contribution in [-0.4, -0.2) is 69.9 Å². The van der Waals surface area contributed by atoms with Gasteiger partial charge in [0.15, 0.2) is 9.84 Å². The molecule has 0 atom stereocenters. The second-order valence-electron chi connectivity index (χ2n) is 6.63. The molecule has 26 heavy (non-hydrogen) atoms. The quantitative estimate of drug-likeness (QED) is 0.781. The number of piperazine rings is 1. The molecule has 0 radical (unpaired) electrons. The molecule has 1 aliphatic rings. The minimum absolute atomic E-state index is 0.273. The van der Waals surface area contributed by atoms with Gasteiger partial charge in [0.05, 0.1) is 0 Å². The highest BCUT2D eigenvalue weighted by atomic mass is 32.2. The Balaban J connectivity index is 1.79. The molecule has 9 heteroatoms. The fourth-order valence-corrected chi connectivity index (χ4v) is 3.77. The van der Waals surface area contributed by atoms with Gasteiger partial charge in [0.1, 0.15) is 16.5 Å². The third kappa shape index (κ3) is 3.87. The molecule has 1 saturated heterocycles. The summed E-state index contributed by atoms with van der Waals surface area (Å²) in [5.41, 5.74) is 0.921. The van der Waals surface area contributed by atoms with Crippen LogP contribution < -0.4 is 14.7 Å². The normalized spacial score (nSPS) is 15.2. The Labute approximate surface area is 154 Å². The van der Waals surface area contributed by atoms with Crippen molar-refractivity contribution in [1.29, 1.82) is 0 Å². The zero-order valence-electron chi connectivity index (χ0n) is 15.5. The van der Waals surface area contributed by atoms with Gasteiger partial charge in [0, 0.05) is 64.5 Å². The van der Waals surface area contributed by atoms with Crippen LogP contribution in [0.25, 0.3) is 0 Å². The average Bonchev–Trinajstić information content (AvgIpc) is 2.60. The molecule has 3 heterocycles. The summed E-state index contributed by atoms with van der Waals surface area (Å²) in [6.45, 7) is 4.69. The van der Waals surface area contributed by atoms with E-state index in [9.17, 15) is 8.42 Å². The molecule has 2 aromatic heterocycles. The highest BCUT2D eigenvalue weighted by Gasteiger charge is 2.25. The van der Waals surface area contributed by atoms with Crippen molar-refractivity contribution in [2.75, 3.05) is 61.2 Å². The molecule has 0 unspecified atom stereocenters. The highest BCUT2D eigenvalue weighted by Crippen LogP contribution is 2.24. The van der Waals surface area contributed by atoms with E-state index in [1.165, 1.54) is 6.26 Å². The topological polar surface area (TPSA) is 82.5 Å². The number of rotatable bonds is 4. The van der Waals surface area contributed by atoms with E-state index in [-0.39, 0.29) is 4.90 Å². The van der Waals surface area contributed by atoms with Crippen molar-refractivity contribution >= 4 is 27.4 Å². The Bertz CT molecular complexity index is 892. The minimum atomic E-state index is -3.32. The predicted octanol–water partition coefficient (Wildman–Crippen LogP) is 0.976. The SMILES string of the molecule is Cc1cc(N(C)C)nc(N2CCN(c3ncccc3S(C)(=O)=O)CC2)n1. The Morgan fingerprint density at radius 3 is 2.35 bits per heavy atom. The van der Waals surface area contributed by atoms with Gasteiger partial charge in [-0.05, 0) is 19.1 Å². The van der Waals surface area contributed by atoms with Gasteiger partial charge in [-0.1, -0.05) is 0 Å². The van der Waals surface area contributed by atoms with Crippen LogP contribution >= 0.6 is 0 Å². The maximum Gasteiger partial charge on any atom is 0.227 e. The first kappa shape index (κ1) is 18.4. The van der Waals surface area contributed by atoms with Crippen LogP contribution in [0.5, 0.6) is 0 Å². The van der Waals surface area contributed by atoms with Crippen molar-refractivity contribution in [3.63, 3.8) is 0 Å². The Morgan fingerprint density at radius 1 is 1.08 bits per heavy atom. The van der Waals surface area contributed by atoms with Crippen LogP contribution in [0.2, 0.25) is 0 Å². The van der Waals surface area contributed by atoms with E-state index in [4.69, 9.17) is 0 Å². The third-order valence-corrected chi connectivity index (χ3v) is 5.42. The number of sulfone groups is 1. The number of pyridine rings is 1. The van der Waals surface area contributed by atoms with Crippen LogP contribution in [0.4, 0.5) is 17.6 Å². The molecule has 2 aromatic rings. The number of aryl methyl sites for hydroxylation is 1. The number of nitrogens with zero attached hydrogens (tertiary/aromatic N) is 6. The molecule has 0 saturated carbocycles. The molecular weight excluding hydrogens is 352 g/mol. The summed E-state index contributed by atoms with van der Waals surface area (Å²) in [4.78, 5) is 19.8. The molecule has 1 fully saturated rings. The number of anilines is 3. The summed E-state index contributed by atoms with van der Waals surface area (Å²) in [6, 6.07) is 5.21. The van der Waals surface area contributed by atoms with E-state index in [2.05, 4.69) is 19.9 Å². The number of aromatic nitrogens is 3. The molecule has 140 valence electrons. The summed E-state index contributed by atoms with van der Waals surface area (Å²) in [7, 11) is 0.594. The second kappa shape index (κ2) is 7.06. The third-order valence-electron chi connectivity index (χ3n) is 4.30. The smallest absolute Gasteiger partial charge is 0.227 e. The fraction of sp³-hybridized carbons (Fsp3) is 0.471. The molecular formula is C17H24N6O2S. The fourth-order valence-electron chi connectivity index (χ4n) is 2.93. The molecule has 1 aliphatic heterocycles. The van der Waals surface area contributed by atoms with Crippen LogP contribution in [0, 0.1) is 6.92 Å². The first-order valence-corrected chi connectivity index (χ1v) is 10.3. The lowest BCUT2D eigenvalue weighted by atomic mass is 10.3. The van der Waals surface area contributed by atoms with E-state index in [1.54, 1.807) is 18.3 Å². The maximum absolute atomic E-state index is 12.0. The predicted molar refractivity (Wildman–Crippen MR) is 103 cm³/mol. The zero-order valence-corrected chi connectivity index (χ0v) is 16.4. The van der Waals surface area contributed by atoms with Crippen LogP contribution in [0.3, 0.4) is 0 Å². The Kier molecular flexibility index (Phi) is 4.99. The van der Waals surface area contributed by atoms with Crippen LogP contribution in [-0.2, 0) is 9.84 Å². The lowest BCUT2D eigenvalue weighted by Gasteiger charge is -2.36. The molecule has 0 aromatic carbocycles. The Hall–Kier alpha value is -2.42. The summed E-state index contributed by atoms with van der Waals surface area (Å²) in [5.74, 6) is 2.10. The zero-order chi connectivity index (χ0) is 18.9. The minimum Gasteiger partial charge on any atom is -0.363 e. The maximum atomic E-state index is 12.0. The lowest BCUT2D eigenvalue weighted by Crippen LogP contribution is -2.47. The molecule has 0 N–H and O–H groups in total.